The van der Waals surface area contributed by atoms with Crippen LogP contribution in [-0.4, -0.2) is 26.7 Å². The molecule has 2 atom stereocenters. The minimum Gasteiger partial charge on any atom is -0.396 e. The molecule has 0 saturated heterocycles. The Morgan fingerprint density at radius 1 is 1.03 bits per heavy atom. The van der Waals surface area contributed by atoms with Gasteiger partial charge in [0.05, 0.1) is 0 Å². The first-order valence-corrected chi connectivity index (χ1v) is 9.99. The predicted molar refractivity (Wildman–Crippen MR) is 112 cm³/mol. The zero-order valence-corrected chi connectivity index (χ0v) is 17.4. The molecule has 3 rings (SSSR count). The third-order valence-electron chi connectivity index (χ3n) is 4.71. The van der Waals surface area contributed by atoms with E-state index in [4.69, 9.17) is 23.2 Å². The summed E-state index contributed by atoms with van der Waals surface area (Å²) in [6.07, 6.45) is 2.09. The average molecular weight is 453 g/mol. The molecule has 158 valence electrons. The fraction of sp³-hybridized carbons (Fsp3) is 0.227. The molecule has 0 aliphatic carbocycles. The van der Waals surface area contributed by atoms with E-state index >= 15 is 0 Å². The third-order valence-corrected chi connectivity index (χ3v) is 5.27. The van der Waals surface area contributed by atoms with Gasteiger partial charge in [-0.05, 0) is 47.9 Å². The molecule has 0 radical (unpaired) electrons. The Morgan fingerprint density at radius 3 is 2.37 bits per heavy atom. The van der Waals surface area contributed by atoms with Crippen LogP contribution in [0.25, 0.3) is 0 Å². The van der Waals surface area contributed by atoms with E-state index in [1.165, 1.54) is 0 Å². The van der Waals surface area contributed by atoms with E-state index in [0.717, 1.165) is 23.8 Å². The maximum atomic E-state index is 13.8. The topological polar surface area (TPSA) is 56.6 Å². The van der Waals surface area contributed by atoms with Gasteiger partial charge in [-0.25, -0.2) is 8.78 Å². The molecular formula is C22H20Cl2F2N2O2. The van der Waals surface area contributed by atoms with Crippen molar-refractivity contribution in [3.8, 4) is 0 Å². The van der Waals surface area contributed by atoms with Gasteiger partial charge in [0.1, 0.15) is 17.9 Å². The molecule has 2 aromatic carbocycles. The summed E-state index contributed by atoms with van der Waals surface area (Å²) in [5, 5.41) is 21.6. The number of aliphatic hydroxyl groups is 2. The fourth-order valence-corrected chi connectivity index (χ4v) is 3.91. The van der Waals surface area contributed by atoms with Crippen molar-refractivity contribution in [1.29, 1.82) is 0 Å². The van der Waals surface area contributed by atoms with Crippen LogP contribution in [0.1, 0.15) is 35.4 Å². The largest absolute Gasteiger partial charge is 0.396 e. The number of nitrogens with zero attached hydrogens (tertiary/aromatic N) is 2. The van der Waals surface area contributed by atoms with Gasteiger partial charge in [0, 0.05) is 53.3 Å². The molecule has 0 bridgehead atoms. The van der Waals surface area contributed by atoms with Crippen molar-refractivity contribution >= 4 is 23.2 Å². The summed E-state index contributed by atoms with van der Waals surface area (Å²) in [6, 6.07) is 10.8. The second kappa shape index (κ2) is 10.3. The van der Waals surface area contributed by atoms with Crippen molar-refractivity contribution in [2.24, 2.45) is 0 Å². The molecule has 2 N–H and O–H groups in total. The average Bonchev–Trinajstić information content (AvgIpc) is 2.70. The highest BCUT2D eigenvalue weighted by molar-refractivity contribution is 6.35. The summed E-state index contributed by atoms with van der Waals surface area (Å²) >= 11 is 12.4. The van der Waals surface area contributed by atoms with Crippen LogP contribution in [0.4, 0.5) is 8.78 Å². The second-order valence-electron chi connectivity index (χ2n) is 6.80. The van der Waals surface area contributed by atoms with E-state index < -0.39 is 23.9 Å². The first-order chi connectivity index (χ1) is 14.4. The smallest absolute Gasteiger partial charge is 0.134 e. The molecule has 0 aliphatic rings. The summed E-state index contributed by atoms with van der Waals surface area (Å²) in [5.41, 5.74) is 1.43. The van der Waals surface area contributed by atoms with Gasteiger partial charge in [0.2, 0.25) is 0 Å². The first-order valence-electron chi connectivity index (χ1n) is 9.23. The zero-order valence-electron chi connectivity index (χ0n) is 15.9. The number of hydrogen-bond donors (Lipinski definition) is 2. The van der Waals surface area contributed by atoms with E-state index in [-0.39, 0.29) is 25.1 Å². The Hall–Kier alpha value is -2.09. The number of aliphatic hydroxyl groups excluding tert-OH is 2. The summed E-state index contributed by atoms with van der Waals surface area (Å²) in [7, 11) is 0. The molecular weight excluding hydrogens is 433 g/mol. The maximum absolute atomic E-state index is 13.8. The second-order valence-corrected chi connectivity index (χ2v) is 7.65. The van der Waals surface area contributed by atoms with Crippen molar-refractivity contribution in [2.45, 2.75) is 25.2 Å². The molecule has 1 heterocycles. The molecule has 1 aromatic heterocycles. The third kappa shape index (κ3) is 5.53. The number of halogens is 4. The van der Waals surface area contributed by atoms with Crippen molar-refractivity contribution < 1.29 is 19.0 Å². The van der Waals surface area contributed by atoms with E-state index in [0.29, 0.717) is 15.6 Å². The number of pyridine rings is 1. The Morgan fingerprint density at radius 2 is 1.77 bits per heavy atom. The van der Waals surface area contributed by atoms with Crippen molar-refractivity contribution in [3.05, 3.63) is 99.3 Å². The highest BCUT2D eigenvalue weighted by atomic mass is 35.5. The lowest BCUT2D eigenvalue weighted by atomic mass is 9.99. The van der Waals surface area contributed by atoms with Crippen LogP contribution in [0, 0.1) is 11.6 Å². The molecule has 30 heavy (non-hydrogen) atoms. The molecule has 4 nitrogen and oxygen atoms in total. The summed E-state index contributed by atoms with van der Waals surface area (Å²) in [4.78, 5) is 5.69. The monoisotopic (exact) mass is 452 g/mol. The Bertz CT molecular complexity index is 972. The molecule has 0 spiro atoms. The normalized spacial score (nSPS) is 13.4. The van der Waals surface area contributed by atoms with Crippen LogP contribution in [0.15, 0.2) is 60.9 Å². The Kier molecular flexibility index (Phi) is 7.75. The van der Waals surface area contributed by atoms with Crippen molar-refractivity contribution in [3.63, 3.8) is 0 Å². The highest BCUT2D eigenvalue weighted by Crippen LogP contribution is 2.37. The number of rotatable bonds is 8. The van der Waals surface area contributed by atoms with Gasteiger partial charge in [0.15, 0.2) is 0 Å². The van der Waals surface area contributed by atoms with E-state index in [1.54, 1.807) is 41.6 Å². The molecule has 1 unspecified atom stereocenters. The predicted octanol–water partition coefficient (Wildman–Crippen LogP) is 5.28. The highest BCUT2D eigenvalue weighted by Gasteiger charge is 2.29. The van der Waals surface area contributed by atoms with Crippen molar-refractivity contribution in [2.75, 3.05) is 6.61 Å². The van der Waals surface area contributed by atoms with Crippen LogP contribution in [-0.2, 0) is 6.54 Å². The lowest BCUT2D eigenvalue weighted by molar-refractivity contribution is -0.0414. The summed E-state index contributed by atoms with van der Waals surface area (Å²) in [5.74, 6) is -1.60. The van der Waals surface area contributed by atoms with E-state index in [2.05, 4.69) is 4.98 Å². The molecule has 8 heteroatoms. The van der Waals surface area contributed by atoms with E-state index in [9.17, 15) is 19.0 Å². The quantitative estimate of drug-likeness (QED) is 0.456. The Balaban J connectivity index is 2.07. The zero-order chi connectivity index (χ0) is 21.7. The summed E-state index contributed by atoms with van der Waals surface area (Å²) < 4.78 is 27.6. The van der Waals surface area contributed by atoms with Gasteiger partial charge in [-0.3, -0.25) is 9.88 Å². The molecule has 3 aromatic rings. The fourth-order valence-electron chi connectivity index (χ4n) is 3.38. The van der Waals surface area contributed by atoms with Crippen LogP contribution in [0.3, 0.4) is 0 Å². The standard InChI is InChI=1S/C22H20Cl2F2N2O2/c23-16-3-4-19(20(24)10-16)21(5-7-29)28(13-14-2-1-6-27-12-14)22(30)15-8-17(25)11-18(26)9-15/h1-4,6,8-12,21-22,29-30H,5,7,13H2/t21-,22?/m1/s1. The minimum atomic E-state index is -1.38. The molecule has 0 saturated carbocycles. The number of benzene rings is 2. The van der Waals surface area contributed by atoms with Crippen LogP contribution in [0.5, 0.6) is 0 Å². The van der Waals surface area contributed by atoms with Gasteiger partial charge in [-0.15, -0.1) is 0 Å². The van der Waals surface area contributed by atoms with Gasteiger partial charge in [-0.2, -0.15) is 0 Å². The van der Waals surface area contributed by atoms with Crippen molar-refractivity contribution in [1.82, 2.24) is 9.88 Å². The molecule has 0 aliphatic heterocycles. The lowest BCUT2D eigenvalue weighted by Gasteiger charge is -2.36. The first kappa shape index (κ1) is 22.6. The van der Waals surface area contributed by atoms with Gasteiger partial charge in [-0.1, -0.05) is 35.3 Å². The maximum Gasteiger partial charge on any atom is 0.134 e. The van der Waals surface area contributed by atoms with Crippen LogP contribution in [0.2, 0.25) is 10.0 Å². The van der Waals surface area contributed by atoms with Gasteiger partial charge < -0.3 is 10.2 Å². The van der Waals surface area contributed by atoms with Gasteiger partial charge >= 0.3 is 0 Å². The summed E-state index contributed by atoms with van der Waals surface area (Å²) in [6.45, 7) is -0.00580. The van der Waals surface area contributed by atoms with Gasteiger partial charge in [0.25, 0.3) is 0 Å². The lowest BCUT2D eigenvalue weighted by Crippen LogP contribution is -2.33. The SMILES string of the molecule is OCC[C@H](c1ccc(Cl)cc1Cl)N(Cc1cccnc1)C(O)c1cc(F)cc(F)c1. The van der Waals surface area contributed by atoms with Crippen LogP contribution >= 0.6 is 23.2 Å². The van der Waals surface area contributed by atoms with E-state index in [1.807, 2.05) is 6.07 Å². The number of hydrogen-bond acceptors (Lipinski definition) is 4. The molecule has 0 amide bonds. The molecule has 0 fully saturated rings. The van der Waals surface area contributed by atoms with Crippen LogP contribution < -0.4 is 0 Å². The number of aromatic nitrogens is 1. The Labute approximate surface area is 183 Å². The minimum absolute atomic E-state index is 0.0458.